The average molecular weight is 260 g/mol. The largest absolute Gasteiger partial charge is 0.368 e. The number of nitro benzene ring substituents is 1. The SMILES string of the molecule is O=[N+]([O-])c1ccc(N2CCC[C@H]3CCCC[C@@H]32)cc1. The third-order valence-corrected chi connectivity index (χ3v) is 4.64. The van der Waals surface area contributed by atoms with Crippen molar-refractivity contribution in [3.8, 4) is 0 Å². The summed E-state index contributed by atoms with van der Waals surface area (Å²) in [6.45, 7) is 1.10. The molecule has 1 saturated carbocycles. The molecule has 2 aliphatic rings. The molecule has 0 radical (unpaired) electrons. The normalized spacial score (nSPS) is 26.8. The molecule has 3 rings (SSSR count). The molecule has 1 aromatic rings. The van der Waals surface area contributed by atoms with Crippen LogP contribution in [0.5, 0.6) is 0 Å². The Labute approximate surface area is 113 Å². The van der Waals surface area contributed by atoms with Crippen molar-refractivity contribution < 1.29 is 4.92 Å². The predicted molar refractivity (Wildman–Crippen MR) is 75.4 cm³/mol. The van der Waals surface area contributed by atoms with Gasteiger partial charge in [0.15, 0.2) is 0 Å². The summed E-state index contributed by atoms with van der Waals surface area (Å²) in [5, 5.41) is 10.7. The van der Waals surface area contributed by atoms with Crippen LogP contribution in [0.15, 0.2) is 24.3 Å². The predicted octanol–water partition coefficient (Wildman–Crippen LogP) is 3.75. The minimum absolute atomic E-state index is 0.181. The minimum atomic E-state index is -0.330. The molecule has 2 atom stereocenters. The molecule has 2 fully saturated rings. The highest BCUT2D eigenvalue weighted by atomic mass is 16.6. The van der Waals surface area contributed by atoms with E-state index < -0.39 is 0 Å². The quantitative estimate of drug-likeness (QED) is 0.601. The Kier molecular flexibility index (Phi) is 3.40. The van der Waals surface area contributed by atoms with Crippen LogP contribution < -0.4 is 4.90 Å². The van der Waals surface area contributed by atoms with Crippen LogP contribution in [0.4, 0.5) is 11.4 Å². The van der Waals surface area contributed by atoms with Gasteiger partial charge in [-0.3, -0.25) is 10.1 Å². The van der Waals surface area contributed by atoms with E-state index >= 15 is 0 Å². The third-order valence-electron chi connectivity index (χ3n) is 4.64. The van der Waals surface area contributed by atoms with Crippen molar-refractivity contribution in [2.75, 3.05) is 11.4 Å². The summed E-state index contributed by atoms with van der Waals surface area (Å²) in [5.74, 6) is 0.831. The summed E-state index contributed by atoms with van der Waals surface area (Å²) < 4.78 is 0. The Morgan fingerprint density at radius 3 is 2.47 bits per heavy atom. The number of anilines is 1. The Hall–Kier alpha value is -1.58. The van der Waals surface area contributed by atoms with E-state index in [2.05, 4.69) is 4.90 Å². The first-order valence-electron chi connectivity index (χ1n) is 7.27. The molecule has 0 N–H and O–H groups in total. The number of rotatable bonds is 2. The molecule has 102 valence electrons. The molecule has 4 heteroatoms. The van der Waals surface area contributed by atoms with E-state index in [0.29, 0.717) is 6.04 Å². The van der Waals surface area contributed by atoms with Gasteiger partial charge < -0.3 is 4.90 Å². The molecule has 1 heterocycles. The summed E-state index contributed by atoms with van der Waals surface area (Å²) in [6.07, 6.45) is 7.93. The van der Waals surface area contributed by atoms with Gasteiger partial charge in [-0.25, -0.2) is 0 Å². The van der Waals surface area contributed by atoms with Crippen LogP contribution in [0.25, 0.3) is 0 Å². The molecule has 1 aromatic carbocycles. The fourth-order valence-electron chi connectivity index (χ4n) is 3.71. The van der Waals surface area contributed by atoms with Gasteiger partial charge in [0.25, 0.3) is 5.69 Å². The van der Waals surface area contributed by atoms with Crippen molar-refractivity contribution >= 4 is 11.4 Å². The topological polar surface area (TPSA) is 46.4 Å². The van der Waals surface area contributed by atoms with E-state index in [-0.39, 0.29) is 10.6 Å². The first kappa shape index (κ1) is 12.5. The van der Waals surface area contributed by atoms with E-state index in [1.165, 1.54) is 38.5 Å². The molecular formula is C15H20N2O2. The van der Waals surface area contributed by atoms with E-state index in [0.717, 1.165) is 18.2 Å². The van der Waals surface area contributed by atoms with Crippen molar-refractivity contribution in [1.82, 2.24) is 0 Å². The third kappa shape index (κ3) is 2.44. The van der Waals surface area contributed by atoms with E-state index in [4.69, 9.17) is 0 Å². The van der Waals surface area contributed by atoms with Crippen molar-refractivity contribution in [1.29, 1.82) is 0 Å². The van der Waals surface area contributed by atoms with Gasteiger partial charge in [-0.1, -0.05) is 12.8 Å². The second kappa shape index (κ2) is 5.19. The number of fused-ring (bicyclic) bond motifs is 1. The van der Waals surface area contributed by atoms with Gasteiger partial charge in [0.05, 0.1) is 4.92 Å². The lowest BCUT2D eigenvalue weighted by Crippen LogP contribution is -2.46. The molecule has 0 unspecified atom stereocenters. The number of piperidine rings is 1. The van der Waals surface area contributed by atoms with E-state index in [9.17, 15) is 10.1 Å². The fourth-order valence-corrected chi connectivity index (χ4v) is 3.71. The zero-order chi connectivity index (χ0) is 13.2. The molecule has 0 aromatic heterocycles. The van der Waals surface area contributed by atoms with Gasteiger partial charge in [-0.2, -0.15) is 0 Å². The maximum atomic E-state index is 10.7. The number of nitrogens with zero attached hydrogens (tertiary/aromatic N) is 2. The van der Waals surface area contributed by atoms with Gasteiger partial charge >= 0.3 is 0 Å². The fraction of sp³-hybridized carbons (Fsp3) is 0.600. The van der Waals surface area contributed by atoms with Gasteiger partial charge in [0, 0.05) is 30.4 Å². The number of hydrogen-bond donors (Lipinski definition) is 0. The van der Waals surface area contributed by atoms with Crippen LogP contribution in [-0.2, 0) is 0 Å². The Morgan fingerprint density at radius 1 is 1.05 bits per heavy atom. The minimum Gasteiger partial charge on any atom is -0.368 e. The molecule has 1 aliphatic carbocycles. The highest BCUT2D eigenvalue weighted by Crippen LogP contribution is 2.37. The lowest BCUT2D eigenvalue weighted by molar-refractivity contribution is -0.384. The highest BCUT2D eigenvalue weighted by molar-refractivity contribution is 5.52. The van der Waals surface area contributed by atoms with Crippen LogP contribution in [0.1, 0.15) is 38.5 Å². The lowest BCUT2D eigenvalue weighted by atomic mass is 9.78. The Bertz CT molecular complexity index is 456. The van der Waals surface area contributed by atoms with Crippen molar-refractivity contribution in [3.63, 3.8) is 0 Å². The smallest absolute Gasteiger partial charge is 0.269 e. The maximum Gasteiger partial charge on any atom is 0.269 e. The van der Waals surface area contributed by atoms with Gasteiger partial charge in [-0.05, 0) is 43.7 Å². The first-order chi connectivity index (χ1) is 9.25. The summed E-state index contributed by atoms with van der Waals surface area (Å²) >= 11 is 0. The van der Waals surface area contributed by atoms with Crippen LogP contribution in [0.3, 0.4) is 0 Å². The first-order valence-corrected chi connectivity index (χ1v) is 7.27. The Balaban J connectivity index is 1.81. The molecule has 19 heavy (non-hydrogen) atoms. The number of nitro groups is 1. The zero-order valence-electron chi connectivity index (χ0n) is 11.1. The second-order valence-corrected chi connectivity index (χ2v) is 5.72. The summed E-state index contributed by atoms with van der Waals surface area (Å²) in [6, 6.07) is 7.73. The summed E-state index contributed by atoms with van der Waals surface area (Å²) in [4.78, 5) is 12.9. The molecule has 0 spiro atoms. The Morgan fingerprint density at radius 2 is 1.74 bits per heavy atom. The van der Waals surface area contributed by atoms with Crippen LogP contribution >= 0.6 is 0 Å². The molecule has 4 nitrogen and oxygen atoms in total. The van der Waals surface area contributed by atoms with Crippen molar-refractivity contribution in [2.45, 2.75) is 44.6 Å². The average Bonchev–Trinajstić information content (AvgIpc) is 2.47. The zero-order valence-corrected chi connectivity index (χ0v) is 11.1. The highest BCUT2D eigenvalue weighted by Gasteiger charge is 2.33. The number of benzene rings is 1. The molecule has 0 bridgehead atoms. The molecule has 1 aliphatic heterocycles. The van der Waals surface area contributed by atoms with Crippen molar-refractivity contribution in [2.24, 2.45) is 5.92 Å². The second-order valence-electron chi connectivity index (χ2n) is 5.72. The van der Waals surface area contributed by atoms with Gasteiger partial charge in [-0.15, -0.1) is 0 Å². The van der Waals surface area contributed by atoms with Gasteiger partial charge in [0.1, 0.15) is 0 Å². The number of non-ortho nitro benzene ring substituents is 1. The molecule has 1 saturated heterocycles. The number of hydrogen-bond acceptors (Lipinski definition) is 3. The summed E-state index contributed by atoms with van der Waals surface area (Å²) in [7, 11) is 0. The molecular weight excluding hydrogens is 240 g/mol. The molecule has 0 amide bonds. The van der Waals surface area contributed by atoms with Gasteiger partial charge in [0.2, 0.25) is 0 Å². The lowest BCUT2D eigenvalue weighted by Gasteiger charge is -2.45. The van der Waals surface area contributed by atoms with Crippen LogP contribution in [0, 0.1) is 16.0 Å². The van der Waals surface area contributed by atoms with E-state index in [1.54, 1.807) is 12.1 Å². The van der Waals surface area contributed by atoms with Crippen molar-refractivity contribution in [3.05, 3.63) is 34.4 Å². The summed E-state index contributed by atoms with van der Waals surface area (Å²) in [5.41, 5.74) is 1.34. The van der Waals surface area contributed by atoms with Crippen LogP contribution in [0.2, 0.25) is 0 Å². The monoisotopic (exact) mass is 260 g/mol. The maximum absolute atomic E-state index is 10.7. The van der Waals surface area contributed by atoms with E-state index in [1.807, 2.05) is 12.1 Å². The standard InChI is InChI=1S/C15H20N2O2/c18-17(19)14-9-7-13(8-10-14)16-11-3-5-12-4-1-2-6-15(12)16/h7-10,12,15H,1-6,11H2/t12-,15+/m1/s1. The van der Waals surface area contributed by atoms with Crippen LogP contribution in [-0.4, -0.2) is 17.5 Å².